The average Bonchev–Trinajstić information content (AvgIpc) is 2.33. The van der Waals surface area contributed by atoms with E-state index in [1.165, 1.54) is 0 Å². The van der Waals surface area contributed by atoms with Crippen molar-refractivity contribution in [3.8, 4) is 6.07 Å². The van der Waals surface area contributed by atoms with E-state index in [4.69, 9.17) is 4.74 Å². The van der Waals surface area contributed by atoms with E-state index in [1.807, 2.05) is 31.2 Å². The second-order valence-electron chi connectivity index (χ2n) is 4.26. The number of nitrogens with zero attached hydrogens (tertiary/aromatic N) is 2. The van der Waals surface area contributed by atoms with Crippen molar-refractivity contribution in [2.45, 2.75) is 19.1 Å². The summed E-state index contributed by atoms with van der Waals surface area (Å²) in [7, 11) is 0. The summed E-state index contributed by atoms with van der Waals surface area (Å²) in [5.74, 6) is 0. The average molecular weight is 295 g/mol. The van der Waals surface area contributed by atoms with Gasteiger partial charge < -0.3 is 4.74 Å². The van der Waals surface area contributed by atoms with Crippen LogP contribution >= 0.6 is 15.9 Å². The van der Waals surface area contributed by atoms with E-state index in [0.29, 0.717) is 6.61 Å². The highest BCUT2D eigenvalue weighted by molar-refractivity contribution is 9.10. The fourth-order valence-corrected chi connectivity index (χ4v) is 2.36. The molecule has 1 aromatic carbocycles. The smallest absolute Gasteiger partial charge is 0.124 e. The molecule has 0 N–H and O–H groups in total. The topological polar surface area (TPSA) is 36.3 Å². The Labute approximate surface area is 110 Å². The van der Waals surface area contributed by atoms with Gasteiger partial charge in [-0.05, 0) is 24.6 Å². The van der Waals surface area contributed by atoms with Crippen LogP contribution in [0.4, 0.5) is 0 Å². The molecule has 1 saturated heterocycles. The second kappa shape index (κ2) is 5.63. The van der Waals surface area contributed by atoms with Crippen LogP contribution in [0, 0.1) is 11.3 Å². The first-order chi connectivity index (χ1) is 8.20. The molecule has 1 aliphatic rings. The number of morpholine rings is 1. The van der Waals surface area contributed by atoms with Gasteiger partial charge in [-0.3, -0.25) is 4.90 Å². The van der Waals surface area contributed by atoms with E-state index in [9.17, 15) is 5.26 Å². The van der Waals surface area contributed by atoms with Crippen LogP contribution in [0.5, 0.6) is 0 Å². The molecule has 90 valence electrons. The van der Waals surface area contributed by atoms with Gasteiger partial charge in [0.25, 0.3) is 0 Å². The van der Waals surface area contributed by atoms with Crippen LogP contribution in [0.2, 0.25) is 0 Å². The van der Waals surface area contributed by atoms with Crippen LogP contribution in [0.1, 0.15) is 18.5 Å². The van der Waals surface area contributed by atoms with Gasteiger partial charge in [0.1, 0.15) is 6.04 Å². The Morgan fingerprint density at radius 1 is 1.47 bits per heavy atom. The molecule has 1 heterocycles. The molecule has 0 aromatic heterocycles. The lowest BCUT2D eigenvalue weighted by Crippen LogP contribution is -2.42. The van der Waals surface area contributed by atoms with E-state index in [1.54, 1.807) is 0 Å². The minimum absolute atomic E-state index is 0.172. The van der Waals surface area contributed by atoms with Crippen molar-refractivity contribution in [3.05, 3.63) is 34.3 Å². The van der Waals surface area contributed by atoms with Gasteiger partial charge >= 0.3 is 0 Å². The maximum absolute atomic E-state index is 9.34. The third-order valence-electron chi connectivity index (χ3n) is 2.95. The molecule has 4 heteroatoms. The molecule has 2 atom stereocenters. The Hall–Kier alpha value is -0.890. The zero-order valence-electron chi connectivity index (χ0n) is 9.77. The zero-order chi connectivity index (χ0) is 12.3. The molecule has 17 heavy (non-hydrogen) atoms. The van der Waals surface area contributed by atoms with Gasteiger partial charge in [-0.15, -0.1) is 0 Å². The maximum atomic E-state index is 9.34. The summed E-state index contributed by atoms with van der Waals surface area (Å²) in [4.78, 5) is 2.18. The van der Waals surface area contributed by atoms with Crippen molar-refractivity contribution in [2.75, 3.05) is 19.7 Å². The third-order valence-corrected chi connectivity index (χ3v) is 3.47. The standard InChI is InChI=1S/C13H15BrN2O/c1-10-9-16(6-7-17-10)13(8-15)11-2-4-12(14)5-3-11/h2-5,10,13H,6-7,9H2,1H3/t10-,13-/m0/s1. The molecule has 1 aromatic rings. The lowest BCUT2D eigenvalue weighted by atomic mass is 10.1. The van der Waals surface area contributed by atoms with Crippen LogP contribution < -0.4 is 0 Å². The summed E-state index contributed by atoms with van der Waals surface area (Å²) >= 11 is 3.41. The first-order valence-electron chi connectivity index (χ1n) is 5.71. The monoisotopic (exact) mass is 294 g/mol. The fraction of sp³-hybridized carbons (Fsp3) is 0.462. The van der Waals surface area contributed by atoms with Crippen LogP contribution in [-0.2, 0) is 4.74 Å². The molecule has 0 bridgehead atoms. The Morgan fingerprint density at radius 3 is 2.76 bits per heavy atom. The van der Waals surface area contributed by atoms with Gasteiger partial charge in [-0.2, -0.15) is 5.26 Å². The van der Waals surface area contributed by atoms with Crippen molar-refractivity contribution in [1.29, 1.82) is 5.26 Å². The highest BCUT2D eigenvalue weighted by Gasteiger charge is 2.25. The number of hydrogen-bond acceptors (Lipinski definition) is 3. The van der Waals surface area contributed by atoms with Gasteiger partial charge in [0.15, 0.2) is 0 Å². The van der Waals surface area contributed by atoms with Gasteiger partial charge in [-0.1, -0.05) is 28.1 Å². The maximum Gasteiger partial charge on any atom is 0.124 e. The molecule has 1 aliphatic heterocycles. The zero-order valence-corrected chi connectivity index (χ0v) is 11.4. The van der Waals surface area contributed by atoms with Gasteiger partial charge in [-0.25, -0.2) is 0 Å². The minimum Gasteiger partial charge on any atom is -0.376 e. The summed E-state index contributed by atoms with van der Waals surface area (Å²) < 4.78 is 6.53. The first kappa shape index (κ1) is 12.6. The Balaban J connectivity index is 2.16. The molecule has 0 saturated carbocycles. The summed E-state index contributed by atoms with van der Waals surface area (Å²) in [6.45, 7) is 4.38. The van der Waals surface area contributed by atoms with Crippen LogP contribution in [0.25, 0.3) is 0 Å². The van der Waals surface area contributed by atoms with E-state index < -0.39 is 0 Å². The van der Waals surface area contributed by atoms with E-state index in [2.05, 4.69) is 26.9 Å². The minimum atomic E-state index is -0.172. The van der Waals surface area contributed by atoms with Crippen LogP contribution in [0.15, 0.2) is 28.7 Å². The van der Waals surface area contributed by atoms with Gasteiger partial charge in [0.05, 0.1) is 18.8 Å². The highest BCUT2D eigenvalue weighted by Crippen LogP contribution is 2.23. The molecule has 0 radical (unpaired) electrons. The fourth-order valence-electron chi connectivity index (χ4n) is 2.09. The molecule has 0 aliphatic carbocycles. The molecule has 3 nitrogen and oxygen atoms in total. The SMILES string of the molecule is C[C@H]1CN([C@@H](C#N)c2ccc(Br)cc2)CCO1. The molecule has 0 spiro atoms. The highest BCUT2D eigenvalue weighted by atomic mass is 79.9. The largest absolute Gasteiger partial charge is 0.376 e. The summed E-state index contributed by atoms with van der Waals surface area (Å²) in [5, 5.41) is 9.34. The number of ether oxygens (including phenoxy) is 1. The van der Waals surface area contributed by atoms with E-state index in [0.717, 1.165) is 23.1 Å². The first-order valence-corrected chi connectivity index (χ1v) is 6.50. The quantitative estimate of drug-likeness (QED) is 0.841. The molecule has 0 unspecified atom stereocenters. The molecular weight excluding hydrogens is 280 g/mol. The third kappa shape index (κ3) is 3.06. The van der Waals surface area contributed by atoms with Crippen LogP contribution in [-0.4, -0.2) is 30.7 Å². The Bertz CT molecular complexity index is 412. The number of rotatable bonds is 2. The molecule has 0 amide bonds. The van der Waals surface area contributed by atoms with Crippen molar-refractivity contribution in [2.24, 2.45) is 0 Å². The summed E-state index contributed by atoms with van der Waals surface area (Å²) in [6.07, 6.45) is 0.204. The predicted octanol–water partition coefficient (Wildman–Crippen LogP) is 2.73. The number of halogens is 1. The van der Waals surface area contributed by atoms with E-state index >= 15 is 0 Å². The lowest BCUT2D eigenvalue weighted by Gasteiger charge is -2.34. The number of hydrogen-bond donors (Lipinski definition) is 0. The van der Waals surface area contributed by atoms with Gasteiger partial charge in [0, 0.05) is 17.6 Å². The normalized spacial score (nSPS) is 23.0. The molecule has 2 rings (SSSR count). The Morgan fingerprint density at radius 2 is 2.18 bits per heavy atom. The lowest BCUT2D eigenvalue weighted by molar-refractivity contribution is -0.0269. The van der Waals surface area contributed by atoms with E-state index in [-0.39, 0.29) is 12.1 Å². The Kier molecular flexibility index (Phi) is 4.16. The summed E-state index contributed by atoms with van der Waals surface area (Å²) in [5.41, 5.74) is 1.05. The van der Waals surface area contributed by atoms with Gasteiger partial charge in [0.2, 0.25) is 0 Å². The summed E-state index contributed by atoms with van der Waals surface area (Å²) in [6, 6.07) is 10.2. The van der Waals surface area contributed by atoms with Crippen molar-refractivity contribution >= 4 is 15.9 Å². The number of nitriles is 1. The van der Waals surface area contributed by atoms with Crippen molar-refractivity contribution in [3.63, 3.8) is 0 Å². The van der Waals surface area contributed by atoms with Crippen molar-refractivity contribution < 1.29 is 4.74 Å². The second-order valence-corrected chi connectivity index (χ2v) is 5.18. The number of benzene rings is 1. The van der Waals surface area contributed by atoms with Crippen LogP contribution in [0.3, 0.4) is 0 Å². The molecular formula is C13H15BrN2O. The van der Waals surface area contributed by atoms with Crippen molar-refractivity contribution in [1.82, 2.24) is 4.90 Å². The predicted molar refractivity (Wildman–Crippen MR) is 69.5 cm³/mol. The molecule has 1 fully saturated rings.